The van der Waals surface area contributed by atoms with Crippen molar-refractivity contribution in [1.82, 2.24) is 0 Å². The summed E-state index contributed by atoms with van der Waals surface area (Å²) in [5, 5.41) is 0. The van der Waals surface area contributed by atoms with E-state index < -0.39 is 10.8 Å². The topological polar surface area (TPSA) is 34.1 Å². The van der Waals surface area contributed by atoms with Gasteiger partial charge in [-0.1, -0.05) is 25.4 Å². The van der Waals surface area contributed by atoms with Crippen LogP contribution in [0.15, 0.2) is 12.1 Å². The molecule has 2 nitrogen and oxygen atoms in total. The molecular weight excluding hydrogens is 264 g/mol. The maximum absolute atomic E-state index is 11.7. The van der Waals surface area contributed by atoms with E-state index in [2.05, 4.69) is 13.8 Å². The Bertz CT molecular complexity index is 385. The SMILES string of the molecule is CC(C)CCS(=O)CC(=O)c1ccc(Cl)s1. The predicted octanol–water partition coefficient (Wildman–Crippen LogP) is 3.38. The summed E-state index contributed by atoms with van der Waals surface area (Å²) in [4.78, 5) is 12.3. The summed E-state index contributed by atoms with van der Waals surface area (Å²) in [5.41, 5.74) is 0. The minimum atomic E-state index is -1.05. The van der Waals surface area contributed by atoms with Gasteiger partial charge in [-0.3, -0.25) is 9.00 Å². The van der Waals surface area contributed by atoms with Crippen molar-refractivity contribution in [2.24, 2.45) is 5.92 Å². The zero-order chi connectivity index (χ0) is 12.1. The van der Waals surface area contributed by atoms with Gasteiger partial charge in [-0.25, -0.2) is 0 Å². The van der Waals surface area contributed by atoms with E-state index in [1.54, 1.807) is 12.1 Å². The second kappa shape index (κ2) is 6.52. The second-order valence-electron chi connectivity index (χ2n) is 4.00. The third kappa shape index (κ3) is 4.76. The van der Waals surface area contributed by atoms with Crippen LogP contribution in [0, 0.1) is 5.92 Å². The molecule has 1 atom stereocenters. The van der Waals surface area contributed by atoms with Crippen LogP contribution in [-0.2, 0) is 10.8 Å². The number of carbonyl (C=O) groups is 1. The van der Waals surface area contributed by atoms with Crippen LogP contribution in [0.1, 0.15) is 29.9 Å². The molecule has 0 saturated heterocycles. The Hall–Kier alpha value is -0.190. The van der Waals surface area contributed by atoms with Gasteiger partial charge >= 0.3 is 0 Å². The molecule has 1 rings (SSSR count). The first-order valence-corrected chi connectivity index (χ1v) is 7.81. The van der Waals surface area contributed by atoms with Crippen molar-refractivity contribution >= 4 is 39.5 Å². The van der Waals surface area contributed by atoms with Crippen molar-refractivity contribution in [3.05, 3.63) is 21.3 Å². The smallest absolute Gasteiger partial charge is 0.185 e. The fraction of sp³-hybridized carbons (Fsp3) is 0.545. The molecule has 0 aliphatic rings. The highest BCUT2D eigenvalue weighted by molar-refractivity contribution is 7.85. The monoisotopic (exact) mass is 278 g/mol. The molecule has 5 heteroatoms. The van der Waals surface area contributed by atoms with Crippen LogP contribution in [0.3, 0.4) is 0 Å². The summed E-state index contributed by atoms with van der Waals surface area (Å²) in [6, 6.07) is 3.38. The van der Waals surface area contributed by atoms with E-state index in [1.165, 1.54) is 11.3 Å². The Morgan fingerprint density at radius 2 is 2.19 bits per heavy atom. The molecule has 1 aromatic rings. The summed E-state index contributed by atoms with van der Waals surface area (Å²) < 4.78 is 12.2. The molecule has 0 saturated carbocycles. The van der Waals surface area contributed by atoms with Crippen LogP contribution in [0.25, 0.3) is 0 Å². The normalized spacial score (nSPS) is 13.0. The van der Waals surface area contributed by atoms with Crippen molar-refractivity contribution < 1.29 is 9.00 Å². The lowest BCUT2D eigenvalue weighted by molar-refractivity contribution is 0.102. The summed E-state index contributed by atoms with van der Waals surface area (Å²) in [7, 11) is -1.05. The van der Waals surface area contributed by atoms with Crippen LogP contribution in [0.4, 0.5) is 0 Å². The highest BCUT2D eigenvalue weighted by atomic mass is 35.5. The van der Waals surface area contributed by atoms with E-state index in [0.29, 0.717) is 20.9 Å². The zero-order valence-electron chi connectivity index (χ0n) is 9.36. The third-order valence-corrected chi connectivity index (χ3v) is 4.61. The lowest BCUT2D eigenvalue weighted by atomic mass is 10.2. The van der Waals surface area contributed by atoms with Gasteiger partial charge in [0.25, 0.3) is 0 Å². The third-order valence-electron chi connectivity index (χ3n) is 2.06. The standard InChI is InChI=1S/C11H15ClO2S2/c1-8(2)5-6-16(14)7-9(13)10-3-4-11(12)15-10/h3-4,8H,5-7H2,1-2H3. The molecule has 0 aliphatic carbocycles. The molecule has 0 amide bonds. The molecule has 0 aromatic carbocycles. The number of thiophene rings is 1. The molecule has 0 N–H and O–H groups in total. The predicted molar refractivity (Wildman–Crippen MR) is 71.0 cm³/mol. The van der Waals surface area contributed by atoms with Crippen molar-refractivity contribution in [3.63, 3.8) is 0 Å². The summed E-state index contributed by atoms with van der Waals surface area (Å²) in [6.45, 7) is 4.16. The second-order valence-corrected chi connectivity index (χ2v) is 7.29. The quantitative estimate of drug-likeness (QED) is 0.748. The van der Waals surface area contributed by atoms with Crippen LogP contribution < -0.4 is 0 Å². The van der Waals surface area contributed by atoms with E-state index in [4.69, 9.17) is 11.6 Å². The van der Waals surface area contributed by atoms with Crippen molar-refractivity contribution in [3.8, 4) is 0 Å². The Kier molecular flexibility index (Phi) is 5.66. The number of Topliss-reactive ketones (excluding diaryl/α,β-unsaturated/α-hetero) is 1. The Balaban J connectivity index is 2.43. The minimum absolute atomic E-state index is 0.0704. The molecule has 16 heavy (non-hydrogen) atoms. The van der Waals surface area contributed by atoms with Crippen molar-refractivity contribution in [1.29, 1.82) is 0 Å². The summed E-state index contributed by atoms with van der Waals surface area (Å²) >= 11 is 6.98. The van der Waals surface area contributed by atoms with E-state index in [9.17, 15) is 9.00 Å². The number of hydrogen-bond donors (Lipinski definition) is 0. The van der Waals surface area contributed by atoms with E-state index in [-0.39, 0.29) is 11.5 Å². The van der Waals surface area contributed by atoms with Crippen molar-refractivity contribution in [2.75, 3.05) is 11.5 Å². The van der Waals surface area contributed by atoms with Gasteiger partial charge in [-0.05, 0) is 24.5 Å². The van der Waals surface area contributed by atoms with Gasteiger partial charge in [0, 0.05) is 16.6 Å². The Morgan fingerprint density at radius 3 is 2.69 bits per heavy atom. The van der Waals surface area contributed by atoms with Gasteiger partial charge in [0.1, 0.15) is 0 Å². The maximum atomic E-state index is 11.7. The largest absolute Gasteiger partial charge is 0.292 e. The Morgan fingerprint density at radius 1 is 1.50 bits per heavy atom. The van der Waals surface area contributed by atoms with Gasteiger partial charge < -0.3 is 0 Å². The molecular formula is C11H15ClO2S2. The summed E-state index contributed by atoms with van der Waals surface area (Å²) in [5.74, 6) is 1.17. The molecule has 1 unspecified atom stereocenters. The van der Waals surface area contributed by atoms with Crippen LogP contribution >= 0.6 is 22.9 Å². The fourth-order valence-electron chi connectivity index (χ4n) is 1.12. The average Bonchev–Trinajstić information content (AvgIpc) is 2.62. The lowest BCUT2D eigenvalue weighted by Gasteiger charge is -2.03. The lowest BCUT2D eigenvalue weighted by Crippen LogP contribution is -2.13. The maximum Gasteiger partial charge on any atom is 0.185 e. The number of ketones is 1. The number of carbonyl (C=O) groups excluding carboxylic acids is 1. The molecule has 0 radical (unpaired) electrons. The van der Waals surface area contributed by atoms with Crippen LogP contribution in [0.2, 0.25) is 4.34 Å². The first-order chi connectivity index (χ1) is 7.49. The van der Waals surface area contributed by atoms with E-state index >= 15 is 0 Å². The van der Waals surface area contributed by atoms with Gasteiger partial charge in [0.15, 0.2) is 5.78 Å². The van der Waals surface area contributed by atoms with E-state index in [1.807, 2.05) is 0 Å². The highest BCUT2D eigenvalue weighted by Gasteiger charge is 2.12. The van der Waals surface area contributed by atoms with Crippen LogP contribution in [-0.4, -0.2) is 21.5 Å². The van der Waals surface area contributed by atoms with E-state index in [0.717, 1.165) is 6.42 Å². The minimum Gasteiger partial charge on any atom is -0.292 e. The van der Waals surface area contributed by atoms with Crippen LogP contribution in [0.5, 0.6) is 0 Å². The first kappa shape index (κ1) is 13.9. The van der Waals surface area contributed by atoms with Gasteiger partial charge in [-0.15, -0.1) is 11.3 Å². The molecule has 0 spiro atoms. The fourth-order valence-corrected chi connectivity index (χ4v) is 3.52. The number of rotatable bonds is 6. The number of hydrogen-bond acceptors (Lipinski definition) is 3. The van der Waals surface area contributed by atoms with Gasteiger partial charge in [0.2, 0.25) is 0 Å². The number of halogens is 1. The molecule has 0 aliphatic heterocycles. The average molecular weight is 279 g/mol. The first-order valence-electron chi connectivity index (χ1n) is 5.12. The molecule has 90 valence electrons. The molecule has 0 fully saturated rings. The van der Waals surface area contributed by atoms with Crippen molar-refractivity contribution in [2.45, 2.75) is 20.3 Å². The van der Waals surface area contributed by atoms with Gasteiger partial charge in [0.05, 0.1) is 15.0 Å². The Labute approximate surface area is 107 Å². The summed E-state index contributed by atoms with van der Waals surface area (Å²) in [6.07, 6.45) is 0.894. The zero-order valence-corrected chi connectivity index (χ0v) is 11.8. The molecule has 1 heterocycles. The molecule has 1 aromatic heterocycles. The van der Waals surface area contributed by atoms with Gasteiger partial charge in [-0.2, -0.15) is 0 Å². The highest BCUT2D eigenvalue weighted by Crippen LogP contribution is 2.22. The molecule has 0 bridgehead atoms.